The van der Waals surface area contributed by atoms with Gasteiger partial charge in [0.1, 0.15) is 0 Å². The zero-order valence-corrected chi connectivity index (χ0v) is 12.1. The van der Waals surface area contributed by atoms with E-state index in [-0.39, 0.29) is 5.91 Å². The van der Waals surface area contributed by atoms with Gasteiger partial charge in [0.15, 0.2) is 0 Å². The van der Waals surface area contributed by atoms with Gasteiger partial charge in [-0.1, -0.05) is 12.2 Å². The molecule has 0 saturated heterocycles. The molecule has 0 bridgehead atoms. The number of ether oxygens (including phenoxy) is 1. The lowest BCUT2D eigenvalue weighted by Crippen LogP contribution is -2.27. The Morgan fingerprint density at radius 3 is 3.00 bits per heavy atom. The van der Waals surface area contributed by atoms with Crippen LogP contribution in [-0.4, -0.2) is 25.7 Å². The third-order valence-electron chi connectivity index (χ3n) is 1.71. The molecule has 88 valence electrons. The first-order valence-electron chi connectivity index (χ1n) is 4.84. The van der Waals surface area contributed by atoms with Crippen molar-refractivity contribution in [2.45, 2.75) is 6.92 Å². The topological polar surface area (TPSA) is 38.3 Å². The molecule has 1 N–H and O–H groups in total. The molecule has 0 unspecified atom stereocenters. The molecule has 0 radical (unpaired) electrons. The monoisotopic (exact) mass is 351 g/mol. The summed E-state index contributed by atoms with van der Waals surface area (Å²) in [6.07, 6.45) is 0. The second kappa shape index (κ2) is 7.03. The molecule has 1 aromatic heterocycles. The second-order valence-corrected chi connectivity index (χ2v) is 6.21. The summed E-state index contributed by atoms with van der Waals surface area (Å²) in [4.78, 5) is 11.6. The summed E-state index contributed by atoms with van der Waals surface area (Å²) in [7, 11) is 0. The van der Waals surface area contributed by atoms with Crippen LogP contribution in [-0.2, 0) is 4.74 Å². The van der Waals surface area contributed by atoms with E-state index in [0.717, 1.165) is 8.46 Å². The highest BCUT2D eigenvalue weighted by Gasteiger charge is 2.06. The highest BCUT2D eigenvalue weighted by molar-refractivity contribution is 14.1. The van der Waals surface area contributed by atoms with Crippen LogP contribution in [0.2, 0.25) is 0 Å². The average Bonchev–Trinajstić information content (AvgIpc) is 2.63. The van der Waals surface area contributed by atoms with Gasteiger partial charge >= 0.3 is 0 Å². The van der Waals surface area contributed by atoms with Gasteiger partial charge in [-0.15, -0.1) is 11.3 Å². The Morgan fingerprint density at radius 1 is 1.69 bits per heavy atom. The van der Waals surface area contributed by atoms with Crippen LogP contribution in [0.3, 0.4) is 0 Å². The Labute approximate surface area is 113 Å². The van der Waals surface area contributed by atoms with E-state index in [2.05, 4.69) is 34.5 Å². The molecule has 16 heavy (non-hydrogen) atoms. The van der Waals surface area contributed by atoms with E-state index in [1.54, 1.807) is 11.3 Å². The molecule has 0 fully saturated rings. The first-order valence-corrected chi connectivity index (χ1v) is 6.80. The maximum absolute atomic E-state index is 11.6. The Balaban J connectivity index is 2.18. The maximum Gasteiger partial charge on any atom is 0.252 e. The lowest BCUT2D eigenvalue weighted by molar-refractivity contribution is 0.0927. The van der Waals surface area contributed by atoms with Crippen LogP contribution in [0.15, 0.2) is 23.6 Å². The normalized spacial score (nSPS) is 10.1. The molecule has 0 aliphatic rings. The van der Waals surface area contributed by atoms with Crippen molar-refractivity contribution in [2.24, 2.45) is 0 Å². The van der Waals surface area contributed by atoms with Gasteiger partial charge in [-0.2, -0.15) is 0 Å². The number of hydrogen-bond acceptors (Lipinski definition) is 3. The Bertz CT molecular complexity index is 376. The van der Waals surface area contributed by atoms with Crippen LogP contribution in [0.5, 0.6) is 0 Å². The standard InChI is InChI=1S/C11H14INO2S/c1-8(2)6-15-4-3-13-11(14)9-5-10(12)16-7-9/h5,7H,1,3-4,6H2,2H3,(H,13,14). The number of rotatable bonds is 6. The third kappa shape index (κ3) is 5.09. The minimum Gasteiger partial charge on any atom is -0.375 e. The summed E-state index contributed by atoms with van der Waals surface area (Å²) in [5, 5.41) is 4.65. The molecule has 1 rings (SSSR count). The van der Waals surface area contributed by atoms with E-state index >= 15 is 0 Å². The van der Waals surface area contributed by atoms with Crippen molar-refractivity contribution in [3.63, 3.8) is 0 Å². The summed E-state index contributed by atoms with van der Waals surface area (Å²) in [5.74, 6) is -0.0434. The molecular weight excluding hydrogens is 337 g/mol. The van der Waals surface area contributed by atoms with Gasteiger partial charge in [0.05, 0.1) is 21.7 Å². The lowest BCUT2D eigenvalue weighted by atomic mass is 10.3. The van der Waals surface area contributed by atoms with E-state index < -0.39 is 0 Å². The molecule has 0 aromatic carbocycles. The van der Waals surface area contributed by atoms with Crippen molar-refractivity contribution in [2.75, 3.05) is 19.8 Å². The van der Waals surface area contributed by atoms with Gasteiger partial charge in [0, 0.05) is 11.9 Å². The quantitative estimate of drug-likeness (QED) is 0.486. The van der Waals surface area contributed by atoms with E-state index in [4.69, 9.17) is 4.74 Å². The number of nitrogens with one attached hydrogen (secondary N) is 1. The van der Waals surface area contributed by atoms with Crippen molar-refractivity contribution >= 4 is 39.8 Å². The van der Waals surface area contributed by atoms with Crippen LogP contribution in [0.25, 0.3) is 0 Å². The molecule has 0 atom stereocenters. The predicted octanol–water partition coefficient (Wildman–Crippen LogP) is 2.68. The van der Waals surface area contributed by atoms with E-state index in [1.165, 1.54) is 0 Å². The Morgan fingerprint density at radius 2 is 2.44 bits per heavy atom. The molecule has 0 spiro atoms. The number of thiophene rings is 1. The van der Waals surface area contributed by atoms with E-state index in [9.17, 15) is 4.79 Å². The van der Waals surface area contributed by atoms with Gasteiger partial charge in [-0.25, -0.2) is 0 Å². The average molecular weight is 351 g/mol. The zero-order chi connectivity index (χ0) is 12.0. The number of carbonyl (C=O) groups is 1. The van der Waals surface area contributed by atoms with Crippen LogP contribution < -0.4 is 5.32 Å². The van der Waals surface area contributed by atoms with Crippen molar-refractivity contribution in [1.82, 2.24) is 5.32 Å². The van der Waals surface area contributed by atoms with Gasteiger partial charge in [0.25, 0.3) is 5.91 Å². The van der Waals surface area contributed by atoms with Crippen molar-refractivity contribution in [3.8, 4) is 0 Å². The highest BCUT2D eigenvalue weighted by Crippen LogP contribution is 2.16. The molecule has 1 heterocycles. The third-order valence-corrected chi connectivity index (χ3v) is 3.50. The lowest BCUT2D eigenvalue weighted by Gasteiger charge is -2.05. The van der Waals surface area contributed by atoms with Crippen molar-refractivity contribution in [1.29, 1.82) is 0 Å². The highest BCUT2D eigenvalue weighted by atomic mass is 127. The number of amides is 1. The fourth-order valence-electron chi connectivity index (χ4n) is 1.01. The summed E-state index contributed by atoms with van der Waals surface area (Å²) in [6.45, 7) is 7.22. The van der Waals surface area contributed by atoms with Crippen LogP contribution in [0.4, 0.5) is 0 Å². The fourth-order valence-corrected chi connectivity index (χ4v) is 2.34. The molecule has 5 heteroatoms. The van der Waals surface area contributed by atoms with Crippen molar-refractivity contribution in [3.05, 3.63) is 32.0 Å². The minimum atomic E-state index is -0.0434. The summed E-state index contributed by atoms with van der Waals surface area (Å²) in [6, 6.07) is 1.87. The largest absolute Gasteiger partial charge is 0.375 e. The van der Waals surface area contributed by atoms with Gasteiger partial charge in [-0.05, 0) is 35.6 Å². The van der Waals surface area contributed by atoms with Crippen LogP contribution >= 0.6 is 33.9 Å². The maximum atomic E-state index is 11.6. The van der Waals surface area contributed by atoms with E-state index in [0.29, 0.717) is 25.3 Å². The molecule has 3 nitrogen and oxygen atoms in total. The zero-order valence-electron chi connectivity index (χ0n) is 9.09. The molecule has 0 aliphatic carbocycles. The van der Waals surface area contributed by atoms with Gasteiger partial charge in [-0.3, -0.25) is 4.79 Å². The smallest absolute Gasteiger partial charge is 0.252 e. The molecular formula is C11H14INO2S. The second-order valence-electron chi connectivity index (χ2n) is 3.41. The molecule has 0 aliphatic heterocycles. The summed E-state index contributed by atoms with van der Waals surface area (Å²) >= 11 is 3.76. The molecule has 1 amide bonds. The fraction of sp³-hybridized carbons (Fsp3) is 0.364. The van der Waals surface area contributed by atoms with Gasteiger partial charge < -0.3 is 10.1 Å². The van der Waals surface area contributed by atoms with Crippen LogP contribution in [0, 0.1) is 2.88 Å². The van der Waals surface area contributed by atoms with Gasteiger partial charge in [0.2, 0.25) is 0 Å². The Hall–Kier alpha value is -0.400. The molecule has 1 aromatic rings. The SMILES string of the molecule is C=C(C)COCCNC(=O)c1csc(I)c1. The minimum absolute atomic E-state index is 0.0434. The first-order chi connectivity index (χ1) is 7.59. The number of carbonyl (C=O) groups excluding carboxylic acids is 1. The van der Waals surface area contributed by atoms with E-state index in [1.807, 2.05) is 18.4 Å². The number of halogens is 1. The molecule has 0 saturated carbocycles. The van der Waals surface area contributed by atoms with Crippen LogP contribution in [0.1, 0.15) is 17.3 Å². The van der Waals surface area contributed by atoms with Crippen molar-refractivity contribution < 1.29 is 9.53 Å². The summed E-state index contributed by atoms with van der Waals surface area (Å²) < 4.78 is 6.39. The Kier molecular flexibility index (Phi) is 6.00. The predicted molar refractivity (Wildman–Crippen MR) is 75.0 cm³/mol. The first kappa shape index (κ1) is 13.7. The number of hydrogen-bond donors (Lipinski definition) is 1. The summed E-state index contributed by atoms with van der Waals surface area (Å²) in [5.41, 5.74) is 1.70.